The van der Waals surface area contributed by atoms with E-state index in [1.807, 2.05) is 19.1 Å². The van der Waals surface area contributed by atoms with E-state index in [1.165, 1.54) is 0 Å². The van der Waals surface area contributed by atoms with Crippen LogP contribution in [0.4, 0.5) is 0 Å². The molecular formula is C15H22N2O2. The zero-order valence-corrected chi connectivity index (χ0v) is 11.6. The Morgan fingerprint density at radius 1 is 1.53 bits per heavy atom. The Morgan fingerprint density at radius 3 is 2.79 bits per heavy atom. The van der Waals surface area contributed by atoms with Gasteiger partial charge in [-0.15, -0.1) is 0 Å². The van der Waals surface area contributed by atoms with Gasteiger partial charge in [0.2, 0.25) is 5.91 Å². The van der Waals surface area contributed by atoms with Crippen LogP contribution in [-0.2, 0) is 11.2 Å². The number of nitrogens with one attached hydrogen (secondary N) is 1. The first kappa shape index (κ1) is 13.9. The number of hydrogen-bond donors (Lipinski definition) is 2. The van der Waals surface area contributed by atoms with Crippen LogP contribution in [0.1, 0.15) is 24.0 Å². The minimum atomic E-state index is -0.145. The molecule has 1 fully saturated rings. The monoisotopic (exact) mass is 262 g/mol. The standard InChI is InChI=1S/C15H22N2O2/c1-10-7-11(3-6-14(10)19-2)8-12(9-16)15(18)17-13-4-5-13/h3,6-7,12-13H,4-5,8-9,16H2,1-2H3,(H,17,18). The Morgan fingerprint density at radius 2 is 2.26 bits per heavy atom. The van der Waals surface area contributed by atoms with Gasteiger partial charge in [-0.25, -0.2) is 0 Å². The van der Waals surface area contributed by atoms with Crippen molar-refractivity contribution in [3.05, 3.63) is 29.3 Å². The number of nitrogens with two attached hydrogens (primary N) is 1. The normalized spacial score (nSPS) is 15.9. The highest BCUT2D eigenvalue weighted by Gasteiger charge is 2.26. The van der Waals surface area contributed by atoms with Crippen LogP contribution in [-0.4, -0.2) is 25.6 Å². The molecule has 1 saturated carbocycles. The SMILES string of the molecule is COc1ccc(CC(CN)C(=O)NC2CC2)cc1C. The summed E-state index contributed by atoms with van der Waals surface area (Å²) in [5.74, 6) is 0.808. The Balaban J connectivity index is 2.00. The molecule has 4 nitrogen and oxygen atoms in total. The van der Waals surface area contributed by atoms with E-state index in [2.05, 4.69) is 11.4 Å². The van der Waals surface area contributed by atoms with E-state index in [-0.39, 0.29) is 11.8 Å². The third-order valence-electron chi connectivity index (χ3n) is 3.52. The maximum atomic E-state index is 12.0. The second-order valence-corrected chi connectivity index (χ2v) is 5.22. The number of aryl methyl sites for hydroxylation is 1. The van der Waals surface area contributed by atoms with Gasteiger partial charge in [0.1, 0.15) is 5.75 Å². The van der Waals surface area contributed by atoms with Crippen LogP contribution in [0.3, 0.4) is 0 Å². The van der Waals surface area contributed by atoms with Crippen molar-refractivity contribution < 1.29 is 9.53 Å². The summed E-state index contributed by atoms with van der Waals surface area (Å²) in [6.07, 6.45) is 2.88. The number of carbonyl (C=O) groups is 1. The summed E-state index contributed by atoms with van der Waals surface area (Å²) in [7, 11) is 1.66. The molecule has 4 heteroatoms. The summed E-state index contributed by atoms with van der Waals surface area (Å²) in [5, 5.41) is 3.02. The summed E-state index contributed by atoms with van der Waals surface area (Å²) >= 11 is 0. The van der Waals surface area contributed by atoms with Crippen LogP contribution in [0.5, 0.6) is 5.75 Å². The van der Waals surface area contributed by atoms with E-state index < -0.39 is 0 Å². The number of benzene rings is 1. The van der Waals surface area contributed by atoms with E-state index in [4.69, 9.17) is 10.5 Å². The molecule has 1 aliphatic carbocycles. The average molecular weight is 262 g/mol. The molecule has 0 spiro atoms. The van der Waals surface area contributed by atoms with Crippen LogP contribution in [0.25, 0.3) is 0 Å². The highest BCUT2D eigenvalue weighted by Crippen LogP contribution is 2.22. The van der Waals surface area contributed by atoms with Crippen LogP contribution >= 0.6 is 0 Å². The highest BCUT2D eigenvalue weighted by molar-refractivity contribution is 5.79. The first-order valence-electron chi connectivity index (χ1n) is 6.78. The summed E-state index contributed by atoms with van der Waals surface area (Å²) in [4.78, 5) is 12.0. The van der Waals surface area contributed by atoms with Gasteiger partial charge in [-0.05, 0) is 43.4 Å². The second-order valence-electron chi connectivity index (χ2n) is 5.22. The molecule has 2 rings (SSSR count). The molecule has 1 aromatic rings. The van der Waals surface area contributed by atoms with Gasteiger partial charge in [0.15, 0.2) is 0 Å². The van der Waals surface area contributed by atoms with E-state index in [1.54, 1.807) is 7.11 Å². The smallest absolute Gasteiger partial charge is 0.224 e. The quantitative estimate of drug-likeness (QED) is 0.814. The fourth-order valence-electron chi connectivity index (χ4n) is 2.18. The molecule has 104 valence electrons. The third-order valence-corrected chi connectivity index (χ3v) is 3.52. The number of amides is 1. The van der Waals surface area contributed by atoms with Crippen molar-refractivity contribution in [3.8, 4) is 5.75 Å². The molecule has 0 aromatic heterocycles. The fraction of sp³-hybridized carbons (Fsp3) is 0.533. The molecule has 0 aliphatic heterocycles. The largest absolute Gasteiger partial charge is 0.496 e. The molecule has 1 aliphatic rings. The van der Waals surface area contributed by atoms with Crippen molar-refractivity contribution in [2.75, 3.05) is 13.7 Å². The summed E-state index contributed by atoms with van der Waals surface area (Å²) < 4.78 is 5.24. The van der Waals surface area contributed by atoms with Crippen molar-refractivity contribution in [1.82, 2.24) is 5.32 Å². The predicted octanol–water partition coefficient (Wildman–Crippen LogP) is 1.40. The Labute approximate surface area is 114 Å². The molecule has 1 atom stereocenters. The Hall–Kier alpha value is -1.55. The minimum Gasteiger partial charge on any atom is -0.496 e. The molecule has 19 heavy (non-hydrogen) atoms. The van der Waals surface area contributed by atoms with Gasteiger partial charge in [-0.3, -0.25) is 4.79 Å². The predicted molar refractivity (Wildman–Crippen MR) is 75.1 cm³/mol. The summed E-state index contributed by atoms with van der Waals surface area (Å²) in [5.41, 5.74) is 7.93. The summed E-state index contributed by atoms with van der Waals surface area (Å²) in [6.45, 7) is 2.38. The lowest BCUT2D eigenvalue weighted by Gasteiger charge is -2.15. The van der Waals surface area contributed by atoms with Crippen molar-refractivity contribution in [2.24, 2.45) is 11.7 Å². The maximum absolute atomic E-state index is 12.0. The van der Waals surface area contributed by atoms with Gasteiger partial charge in [0.25, 0.3) is 0 Å². The molecule has 1 aromatic carbocycles. The first-order chi connectivity index (χ1) is 9.13. The second kappa shape index (κ2) is 6.06. The lowest BCUT2D eigenvalue weighted by Crippen LogP contribution is -2.37. The van der Waals surface area contributed by atoms with Gasteiger partial charge in [-0.1, -0.05) is 12.1 Å². The zero-order chi connectivity index (χ0) is 13.8. The molecule has 0 saturated heterocycles. The number of rotatable bonds is 6. The lowest BCUT2D eigenvalue weighted by atomic mass is 9.97. The number of ether oxygens (including phenoxy) is 1. The molecule has 0 radical (unpaired) electrons. The number of methoxy groups -OCH3 is 1. The Bertz CT molecular complexity index is 455. The average Bonchev–Trinajstić information content (AvgIpc) is 3.20. The van der Waals surface area contributed by atoms with Gasteiger partial charge < -0.3 is 15.8 Å². The lowest BCUT2D eigenvalue weighted by molar-refractivity contribution is -0.124. The van der Waals surface area contributed by atoms with Crippen LogP contribution in [0, 0.1) is 12.8 Å². The van der Waals surface area contributed by atoms with Crippen molar-refractivity contribution in [3.63, 3.8) is 0 Å². The fourth-order valence-corrected chi connectivity index (χ4v) is 2.18. The summed E-state index contributed by atoms with van der Waals surface area (Å²) in [6, 6.07) is 6.39. The number of hydrogen-bond acceptors (Lipinski definition) is 3. The van der Waals surface area contributed by atoms with E-state index in [0.29, 0.717) is 19.0 Å². The van der Waals surface area contributed by atoms with Gasteiger partial charge in [0.05, 0.1) is 13.0 Å². The van der Waals surface area contributed by atoms with Crippen molar-refractivity contribution in [1.29, 1.82) is 0 Å². The van der Waals surface area contributed by atoms with Gasteiger partial charge in [-0.2, -0.15) is 0 Å². The van der Waals surface area contributed by atoms with Crippen LogP contribution < -0.4 is 15.8 Å². The van der Waals surface area contributed by atoms with E-state index in [9.17, 15) is 4.79 Å². The van der Waals surface area contributed by atoms with Gasteiger partial charge >= 0.3 is 0 Å². The molecule has 0 bridgehead atoms. The highest BCUT2D eigenvalue weighted by atomic mass is 16.5. The van der Waals surface area contributed by atoms with Gasteiger partial charge in [0, 0.05) is 12.6 Å². The first-order valence-corrected chi connectivity index (χ1v) is 6.78. The number of carbonyl (C=O) groups excluding carboxylic acids is 1. The maximum Gasteiger partial charge on any atom is 0.224 e. The van der Waals surface area contributed by atoms with E-state index >= 15 is 0 Å². The molecule has 0 heterocycles. The molecule has 1 unspecified atom stereocenters. The van der Waals surface area contributed by atoms with Crippen LogP contribution in [0.15, 0.2) is 18.2 Å². The minimum absolute atomic E-state index is 0.0819. The van der Waals surface area contributed by atoms with Crippen molar-refractivity contribution >= 4 is 5.91 Å². The Kier molecular flexibility index (Phi) is 4.43. The molecule has 1 amide bonds. The van der Waals surface area contributed by atoms with Crippen molar-refractivity contribution in [2.45, 2.75) is 32.2 Å². The third kappa shape index (κ3) is 3.70. The van der Waals surface area contributed by atoms with E-state index in [0.717, 1.165) is 29.7 Å². The topological polar surface area (TPSA) is 64.3 Å². The van der Waals surface area contributed by atoms with Crippen LogP contribution in [0.2, 0.25) is 0 Å². The zero-order valence-electron chi connectivity index (χ0n) is 11.6. The molecular weight excluding hydrogens is 240 g/mol. The molecule has 3 N–H and O–H groups in total.